The molecule has 1 aromatic rings. The highest BCUT2D eigenvalue weighted by Crippen LogP contribution is 2.25. The molecule has 2 fully saturated rings. The van der Waals surface area contributed by atoms with Crippen molar-refractivity contribution in [2.75, 3.05) is 33.2 Å². The van der Waals surface area contributed by atoms with Crippen LogP contribution in [0.2, 0.25) is 0 Å². The molecule has 0 bridgehead atoms. The normalized spacial score (nSPS) is 20.5. The van der Waals surface area contributed by atoms with Gasteiger partial charge in [-0.2, -0.15) is 17.0 Å². The average Bonchev–Trinajstić information content (AvgIpc) is 2.68. The quantitative estimate of drug-likeness (QED) is 0.806. The van der Waals surface area contributed by atoms with Crippen molar-refractivity contribution in [1.82, 2.24) is 13.5 Å². The summed E-state index contributed by atoms with van der Waals surface area (Å²) in [5.41, 5.74) is 1.65. The maximum absolute atomic E-state index is 12.9. The maximum Gasteiger partial charge on any atom is 0.282 e. The number of hydrogen-bond donors (Lipinski definition) is 0. The van der Waals surface area contributed by atoms with E-state index >= 15 is 0 Å². The predicted molar refractivity (Wildman–Crippen MR) is 102 cm³/mol. The van der Waals surface area contributed by atoms with Crippen LogP contribution in [0.25, 0.3) is 0 Å². The largest absolute Gasteiger partial charge is 0.336 e. The Balaban J connectivity index is 1.62. The lowest BCUT2D eigenvalue weighted by Crippen LogP contribution is -2.55. The molecule has 1 aliphatic carbocycles. The molecule has 144 valence electrons. The van der Waals surface area contributed by atoms with Gasteiger partial charge in [-0.15, -0.1) is 0 Å². The number of piperazine rings is 1. The molecule has 3 rings (SSSR count). The Morgan fingerprint density at radius 2 is 1.65 bits per heavy atom. The van der Waals surface area contributed by atoms with Crippen LogP contribution in [0.3, 0.4) is 0 Å². The van der Waals surface area contributed by atoms with Gasteiger partial charge in [0, 0.05) is 44.8 Å². The van der Waals surface area contributed by atoms with Gasteiger partial charge in [-0.3, -0.25) is 4.79 Å². The number of carbonyl (C=O) groups excluding carboxylic acids is 1. The zero-order chi connectivity index (χ0) is 18.7. The summed E-state index contributed by atoms with van der Waals surface area (Å²) < 4.78 is 29.0. The third-order valence-corrected chi connectivity index (χ3v) is 7.72. The molecule has 0 radical (unpaired) electrons. The molecule has 0 atom stereocenters. The fourth-order valence-corrected chi connectivity index (χ4v) is 5.50. The number of hydrogen-bond acceptors (Lipinski definition) is 3. The van der Waals surface area contributed by atoms with E-state index in [1.54, 1.807) is 16.3 Å². The van der Waals surface area contributed by atoms with E-state index in [2.05, 4.69) is 0 Å². The molecule has 0 unspecified atom stereocenters. The number of aryl methyl sites for hydroxylation is 1. The molecule has 26 heavy (non-hydrogen) atoms. The van der Waals surface area contributed by atoms with E-state index in [0.29, 0.717) is 31.7 Å². The Labute approximate surface area is 157 Å². The Morgan fingerprint density at radius 1 is 1.04 bits per heavy atom. The van der Waals surface area contributed by atoms with Crippen molar-refractivity contribution in [3.63, 3.8) is 0 Å². The number of nitrogens with zero attached hydrogens (tertiary/aromatic N) is 3. The molecule has 6 nitrogen and oxygen atoms in total. The third kappa shape index (κ3) is 3.94. The van der Waals surface area contributed by atoms with E-state index in [4.69, 9.17) is 0 Å². The topological polar surface area (TPSA) is 60.9 Å². The van der Waals surface area contributed by atoms with Gasteiger partial charge in [0.2, 0.25) is 0 Å². The van der Waals surface area contributed by atoms with Gasteiger partial charge >= 0.3 is 0 Å². The summed E-state index contributed by atoms with van der Waals surface area (Å²) in [6.07, 6.45) is 5.29. The Morgan fingerprint density at radius 3 is 2.27 bits per heavy atom. The fourth-order valence-electron chi connectivity index (χ4n) is 3.92. The third-order valence-electron chi connectivity index (χ3n) is 5.68. The Kier molecular flexibility index (Phi) is 5.99. The lowest BCUT2D eigenvalue weighted by Gasteiger charge is -2.38. The van der Waals surface area contributed by atoms with E-state index in [-0.39, 0.29) is 11.9 Å². The van der Waals surface area contributed by atoms with Gasteiger partial charge in [-0.1, -0.05) is 37.5 Å². The van der Waals surface area contributed by atoms with Crippen LogP contribution in [-0.2, 0) is 10.2 Å². The summed E-state index contributed by atoms with van der Waals surface area (Å²) in [7, 11) is -1.75. The lowest BCUT2D eigenvalue weighted by atomic mass is 9.96. The van der Waals surface area contributed by atoms with Gasteiger partial charge in [0.05, 0.1) is 0 Å². The first-order chi connectivity index (χ1) is 12.4. The standard InChI is InChI=1S/C19H29N3O3S/c1-16-8-6-7-11-18(16)19(23)21-12-14-22(15-13-21)26(24,25)20(2)17-9-4-3-5-10-17/h6-8,11,17H,3-5,9-10,12-15H2,1-2H3. The molecular formula is C19H29N3O3S. The molecule has 2 aliphatic rings. The van der Waals surface area contributed by atoms with E-state index in [0.717, 1.165) is 31.2 Å². The van der Waals surface area contributed by atoms with Gasteiger partial charge < -0.3 is 4.90 Å². The minimum atomic E-state index is -3.45. The Hall–Kier alpha value is -1.44. The van der Waals surface area contributed by atoms with Crippen LogP contribution in [0.5, 0.6) is 0 Å². The molecule has 1 aliphatic heterocycles. The van der Waals surface area contributed by atoms with Crippen molar-refractivity contribution in [1.29, 1.82) is 0 Å². The summed E-state index contributed by atoms with van der Waals surface area (Å²) in [6, 6.07) is 7.64. The maximum atomic E-state index is 12.9. The average molecular weight is 380 g/mol. The minimum absolute atomic E-state index is 0.0132. The van der Waals surface area contributed by atoms with Crippen molar-refractivity contribution in [2.24, 2.45) is 0 Å². The van der Waals surface area contributed by atoms with Crippen LogP contribution < -0.4 is 0 Å². The smallest absolute Gasteiger partial charge is 0.282 e. The summed E-state index contributed by atoms with van der Waals surface area (Å²) >= 11 is 0. The van der Waals surface area contributed by atoms with Crippen LogP contribution in [-0.4, -0.2) is 67.1 Å². The van der Waals surface area contributed by atoms with Gasteiger partial charge in [-0.25, -0.2) is 0 Å². The number of carbonyl (C=O) groups is 1. The van der Waals surface area contributed by atoms with Crippen LogP contribution in [0.1, 0.15) is 48.0 Å². The van der Waals surface area contributed by atoms with Crippen LogP contribution in [0, 0.1) is 6.92 Å². The van der Waals surface area contributed by atoms with Gasteiger partial charge in [0.15, 0.2) is 0 Å². The van der Waals surface area contributed by atoms with Gasteiger partial charge in [-0.05, 0) is 31.4 Å². The molecule has 0 spiro atoms. The molecule has 1 aromatic carbocycles. The van der Waals surface area contributed by atoms with E-state index in [9.17, 15) is 13.2 Å². The van der Waals surface area contributed by atoms with Crippen molar-refractivity contribution in [3.05, 3.63) is 35.4 Å². The van der Waals surface area contributed by atoms with Crippen molar-refractivity contribution in [3.8, 4) is 0 Å². The number of benzene rings is 1. The van der Waals surface area contributed by atoms with E-state index < -0.39 is 10.2 Å². The minimum Gasteiger partial charge on any atom is -0.336 e. The second kappa shape index (κ2) is 8.06. The summed E-state index contributed by atoms with van der Waals surface area (Å²) in [5.74, 6) is -0.0132. The highest BCUT2D eigenvalue weighted by molar-refractivity contribution is 7.86. The SMILES string of the molecule is Cc1ccccc1C(=O)N1CCN(S(=O)(=O)N(C)C2CCCCC2)CC1. The molecule has 7 heteroatoms. The fraction of sp³-hybridized carbons (Fsp3) is 0.632. The van der Waals surface area contributed by atoms with Crippen molar-refractivity contribution < 1.29 is 13.2 Å². The molecular weight excluding hydrogens is 350 g/mol. The number of amides is 1. The molecule has 1 heterocycles. The van der Waals surface area contributed by atoms with Crippen molar-refractivity contribution in [2.45, 2.75) is 45.1 Å². The highest BCUT2D eigenvalue weighted by atomic mass is 32.2. The first-order valence-corrected chi connectivity index (χ1v) is 10.9. The second-order valence-electron chi connectivity index (χ2n) is 7.32. The summed E-state index contributed by atoms with van der Waals surface area (Å²) in [5, 5.41) is 0. The van der Waals surface area contributed by atoms with Crippen LogP contribution in [0.15, 0.2) is 24.3 Å². The van der Waals surface area contributed by atoms with Gasteiger partial charge in [0.1, 0.15) is 0 Å². The molecule has 1 amide bonds. The zero-order valence-corrected chi connectivity index (χ0v) is 16.5. The zero-order valence-electron chi connectivity index (χ0n) is 15.7. The Bertz CT molecular complexity index is 736. The van der Waals surface area contributed by atoms with Gasteiger partial charge in [0.25, 0.3) is 16.1 Å². The number of rotatable bonds is 4. The molecule has 1 saturated carbocycles. The predicted octanol–water partition coefficient (Wildman–Crippen LogP) is 2.26. The summed E-state index contributed by atoms with van der Waals surface area (Å²) in [6.45, 7) is 3.51. The molecule has 0 N–H and O–H groups in total. The first kappa shape index (κ1) is 19.3. The van der Waals surface area contributed by atoms with E-state index in [1.165, 1.54) is 10.7 Å². The van der Waals surface area contributed by atoms with Crippen molar-refractivity contribution >= 4 is 16.1 Å². The van der Waals surface area contributed by atoms with E-state index in [1.807, 2.05) is 31.2 Å². The molecule has 0 aromatic heterocycles. The van der Waals surface area contributed by atoms with Crippen LogP contribution in [0.4, 0.5) is 0 Å². The molecule has 1 saturated heterocycles. The highest BCUT2D eigenvalue weighted by Gasteiger charge is 2.35. The van der Waals surface area contributed by atoms with Crippen LogP contribution >= 0.6 is 0 Å². The second-order valence-corrected chi connectivity index (χ2v) is 9.31. The monoisotopic (exact) mass is 379 g/mol. The lowest BCUT2D eigenvalue weighted by molar-refractivity contribution is 0.0692. The summed E-state index contributed by atoms with van der Waals surface area (Å²) in [4.78, 5) is 14.5. The first-order valence-electron chi connectivity index (χ1n) is 9.49.